The lowest BCUT2D eigenvalue weighted by molar-refractivity contribution is -0.251. The lowest BCUT2D eigenvalue weighted by Crippen LogP contribution is -2.69. The third-order valence-electron chi connectivity index (χ3n) is 11.1. The molecule has 40 heavy (non-hydrogen) atoms. The maximum Gasteiger partial charge on any atom is 0.338 e. The minimum absolute atomic E-state index is 0.0139. The van der Waals surface area contributed by atoms with Gasteiger partial charge in [-0.3, -0.25) is 0 Å². The van der Waals surface area contributed by atoms with Crippen molar-refractivity contribution >= 4 is 11.9 Å². The van der Waals surface area contributed by atoms with Gasteiger partial charge in [0, 0.05) is 17.9 Å². The number of epoxide rings is 3. The van der Waals surface area contributed by atoms with Crippen LogP contribution in [0.1, 0.15) is 47.0 Å². The zero-order valence-corrected chi connectivity index (χ0v) is 23.2. The van der Waals surface area contributed by atoms with Crippen molar-refractivity contribution in [1.29, 1.82) is 0 Å². The first-order valence-electron chi connectivity index (χ1n) is 14.3. The Kier molecular flexibility index (Phi) is 5.80. The van der Waals surface area contributed by atoms with Gasteiger partial charge in [0.25, 0.3) is 0 Å². The number of carbonyl (C=O) groups excluding carboxylic acids is 2. The minimum Gasteiger partial charge on any atom is -0.463 e. The highest BCUT2D eigenvalue weighted by atomic mass is 16.7. The number of ether oxygens (including phenoxy) is 7. The van der Waals surface area contributed by atoms with Crippen LogP contribution in [0.5, 0.6) is 0 Å². The van der Waals surface area contributed by atoms with Crippen LogP contribution in [0.25, 0.3) is 0 Å². The van der Waals surface area contributed by atoms with E-state index >= 15 is 0 Å². The zero-order chi connectivity index (χ0) is 28.3. The van der Waals surface area contributed by atoms with E-state index in [1.165, 1.54) is 12.2 Å². The number of hydrogen-bond acceptors (Lipinski definition) is 11. The molecule has 220 valence electrons. The fourth-order valence-corrected chi connectivity index (χ4v) is 8.09. The van der Waals surface area contributed by atoms with Gasteiger partial charge in [0.2, 0.25) is 0 Å². The van der Waals surface area contributed by atoms with E-state index in [-0.39, 0.29) is 37.1 Å². The van der Waals surface area contributed by atoms with Crippen LogP contribution in [0.2, 0.25) is 0 Å². The summed E-state index contributed by atoms with van der Waals surface area (Å²) in [5.41, 5.74) is -3.54. The molecule has 6 fully saturated rings. The Bertz CT molecular complexity index is 1160. The molecular weight excluding hydrogens is 524 g/mol. The predicted octanol–water partition coefficient (Wildman–Crippen LogP) is 0.736. The Morgan fingerprint density at radius 3 is 2.52 bits per heavy atom. The van der Waals surface area contributed by atoms with Crippen molar-refractivity contribution in [3.8, 4) is 0 Å². The number of rotatable bonds is 1. The Morgan fingerprint density at radius 1 is 1.02 bits per heavy atom. The second-order valence-corrected chi connectivity index (χ2v) is 13.2. The van der Waals surface area contributed by atoms with E-state index in [2.05, 4.69) is 13.8 Å². The highest BCUT2D eigenvalue weighted by Crippen LogP contribution is 2.75. The molecule has 2 spiro atoms. The number of aliphatic hydroxyl groups excluding tert-OH is 2. The molecule has 0 amide bonds. The number of carbonyl (C=O) groups is 2. The number of esters is 2. The van der Waals surface area contributed by atoms with Crippen LogP contribution in [-0.4, -0.2) is 108 Å². The molecule has 7 rings (SSSR count). The fraction of sp³-hybridized carbons (Fsp3) is 0.793. The van der Waals surface area contributed by atoms with Gasteiger partial charge >= 0.3 is 11.9 Å². The summed E-state index contributed by atoms with van der Waals surface area (Å²) < 4.78 is 42.6. The summed E-state index contributed by atoms with van der Waals surface area (Å²) in [5.74, 6) is -1.10. The SMILES string of the molecule is CC(O)C1/C=C\C=C\C(=O)OC2CC3OC4C5OC5(C)CCC4(COC(=O)C4OC4(C)C(O)CO1)C2(C)C31CO1. The van der Waals surface area contributed by atoms with E-state index in [1.807, 2.05) is 0 Å². The molecule has 2 bridgehead atoms. The summed E-state index contributed by atoms with van der Waals surface area (Å²) in [7, 11) is 0. The number of cyclic esters (lactones) is 1. The monoisotopic (exact) mass is 562 g/mol. The normalized spacial score (nSPS) is 57.2. The molecule has 7 aliphatic rings. The average molecular weight is 563 g/mol. The average Bonchev–Trinajstić information content (AvgIpc) is 3.81. The summed E-state index contributed by atoms with van der Waals surface area (Å²) in [4.78, 5) is 26.4. The van der Waals surface area contributed by atoms with Gasteiger partial charge in [0.1, 0.15) is 42.2 Å². The summed E-state index contributed by atoms with van der Waals surface area (Å²) in [6.45, 7) is 7.67. The van der Waals surface area contributed by atoms with E-state index in [4.69, 9.17) is 33.2 Å². The Morgan fingerprint density at radius 2 is 1.80 bits per heavy atom. The first-order valence-corrected chi connectivity index (χ1v) is 14.3. The van der Waals surface area contributed by atoms with E-state index in [0.29, 0.717) is 19.4 Å². The first-order chi connectivity index (χ1) is 18.9. The number of hydrogen-bond donors (Lipinski definition) is 2. The van der Waals surface area contributed by atoms with Gasteiger partial charge in [-0.25, -0.2) is 9.59 Å². The lowest BCUT2D eigenvalue weighted by atomic mass is 9.50. The van der Waals surface area contributed by atoms with Crippen molar-refractivity contribution in [2.75, 3.05) is 19.8 Å². The number of allylic oxidation sites excluding steroid dienone is 2. The van der Waals surface area contributed by atoms with Crippen molar-refractivity contribution in [3.05, 3.63) is 24.3 Å². The topological polar surface area (TPSA) is 149 Å². The van der Waals surface area contributed by atoms with Crippen LogP contribution in [0.4, 0.5) is 0 Å². The lowest BCUT2D eigenvalue weighted by Gasteiger charge is -2.58. The molecule has 11 nitrogen and oxygen atoms in total. The van der Waals surface area contributed by atoms with Crippen molar-refractivity contribution < 1.29 is 53.0 Å². The molecular formula is C29H38O11. The summed E-state index contributed by atoms with van der Waals surface area (Å²) in [5, 5.41) is 20.9. The number of aliphatic hydroxyl groups is 2. The molecule has 0 aromatic heterocycles. The Labute approximate surface area is 232 Å². The van der Waals surface area contributed by atoms with E-state index < -0.39 is 64.5 Å². The van der Waals surface area contributed by atoms with Crippen LogP contribution < -0.4 is 0 Å². The van der Waals surface area contributed by atoms with Crippen LogP contribution in [0.15, 0.2) is 24.3 Å². The van der Waals surface area contributed by atoms with Crippen molar-refractivity contribution in [1.82, 2.24) is 0 Å². The molecule has 4 saturated heterocycles. The molecule has 2 aliphatic carbocycles. The van der Waals surface area contributed by atoms with Gasteiger partial charge < -0.3 is 43.4 Å². The van der Waals surface area contributed by atoms with E-state index in [1.54, 1.807) is 26.0 Å². The molecule has 2 N–H and O–H groups in total. The molecule has 0 radical (unpaired) electrons. The van der Waals surface area contributed by atoms with Crippen molar-refractivity contribution in [2.24, 2.45) is 10.8 Å². The predicted molar refractivity (Wildman–Crippen MR) is 135 cm³/mol. The maximum atomic E-state index is 13.4. The minimum atomic E-state index is -1.18. The Hall–Kier alpha value is -1.86. The van der Waals surface area contributed by atoms with Crippen LogP contribution >= 0.6 is 0 Å². The molecule has 2 saturated carbocycles. The zero-order valence-electron chi connectivity index (χ0n) is 23.2. The highest BCUT2D eigenvalue weighted by Gasteiger charge is 2.86. The standard InChI is InChI=1S/C29H38O11/c1-15(30)16-7-5-6-8-20(32)37-18-11-19-29(14-36-29)27(18,4)28(10-9-25(2)21(39-25)22(28)38-19)13-35-24(33)23-26(3,40-23)17(31)12-34-16/h5-8,15-19,21-23,30-31H,9-14H2,1-4H3/b7-5-,8-6+. The van der Waals surface area contributed by atoms with Gasteiger partial charge in [0.15, 0.2) is 6.10 Å². The van der Waals surface area contributed by atoms with Gasteiger partial charge in [-0.05, 0) is 33.6 Å². The molecule has 0 aromatic rings. The van der Waals surface area contributed by atoms with Gasteiger partial charge in [-0.1, -0.05) is 25.2 Å². The van der Waals surface area contributed by atoms with Crippen LogP contribution in [0.3, 0.4) is 0 Å². The van der Waals surface area contributed by atoms with E-state index in [0.717, 1.165) is 6.42 Å². The van der Waals surface area contributed by atoms with Crippen LogP contribution in [0, 0.1) is 10.8 Å². The largest absolute Gasteiger partial charge is 0.463 e. The van der Waals surface area contributed by atoms with Gasteiger partial charge in [-0.2, -0.15) is 0 Å². The highest BCUT2D eigenvalue weighted by molar-refractivity contribution is 5.82. The van der Waals surface area contributed by atoms with Gasteiger partial charge in [-0.15, -0.1) is 0 Å². The fourth-order valence-electron chi connectivity index (χ4n) is 8.09. The van der Waals surface area contributed by atoms with Crippen LogP contribution in [-0.2, 0) is 42.7 Å². The molecule has 5 heterocycles. The summed E-state index contributed by atoms with van der Waals surface area (Å²) in [6.07, 6.45) is 2.83. The molecule has 11 heteroatoms. The van der Waals surface area contributed by atoms with Crippen molar-refractivity contribution in [3.63, 3.8) is 0 Å². The Balaban J connectivity index is 1.25. The third-order valence-corrected chi connectivity index (χ3v) is 11.1. The molecule has 13 atom stereocenters. The molecule has 0 aromatic carbocycles. The second kappa shape index (κ2) is 8.59. The van der Waals surface area contributed by atoms with Gasteiger partial charge in [0.05, 0.1) is 42.5 Å². The van der Waals surface area contributed by atoms with E-state index in [9.17, 15) is 19.8 Å². The smallest absolute Gasteiger partial charge is 0.338 e. The summed E-state index contributed by atoms with van der Waals surface area (Å²) >= 11 is 0. The molecule has 5 aliphatic heterocycles. The second-order valence-electron chi connectivity index (χ2n) is 13.2. The first kappa shape index (κ1) is 27.0. The maximum absolute atomic E-state index is 13.4. The molecule has 13 unspecified atom stereocenters. The quantitative estimate of drug-likeness (QED) is 0.344. The third kappa shape index (κ3) is 3.55. The number of fused-ring (bicyclic) bond motifs is 3. The summed E-state index contributed by atoms with van der Waals surface area (Å²) in [6, 6.07) is 0. The van der Waals surface area contributed by atoms with Crippen molar-refractivity contribution in [2.45, 2.75) is 113 Å².